The van der Waals surface area contributed by atoms with Crippen molar-refractivity contribution in [3.8, 4) is 0 Å². The Hall–Kier alpha value is -0.770. The van der Waals surface area contributed by atoms with Crippen molar-refractivity contribution in [1.29, 1.82) is 0 Å². The van der Waals surface area contributed by atoms with Crippen LogP contribution in [0.2, 0.25) is 0 Å². The van der Waals surface area contributed by atoms with E-state index in [-0.39, 0.29) is 12.1 Å². The second-order valence-corrected chi connectivity index (χ2v) is 6.65. The summed E-state index contributed by atoms with van der Waals surface area (Å²) in [5.41, 5.74) is 0. The molecule has 2 aliphatic rings. The van der Waals surface area contributed by atoms with Crippen molar-refractivity contribution in [3.05, 3.63) is 0 Å². The van der Waals surface area contributed by atoms with E-state index in [4.69, 9.17) is 4.74 Å². The van der Waals surface area contributed by atoms with Gasteiger partial charge < -0.3 is 15.0 Å². The molecule has 4 nitrogen and oxygen atoms in total. The van der Waals surface area contributed by atoms with Crippen molar-refractivity contribution in [1.82, 2.24) is 10.2 Å². The van der Waals surface area contributed by atoms with Gasteiger partial charge in [0.1, 0.15) is 0 Å². The van der Waals surface area contributed by atoms with E-state index in [1.165, 1.54) is 32.1 Å². The fraction of sp³-hybridized carbons (Fsp3) is 0.941. The van der Waals surface area contributed by atoms with Crippen LogP contribution in [-0.2, 0) is 4.74 Å². The smallest absolute Gasteiger partial charge is 0.317 e. The zero-order valence-corrected chi connectivity index (χ0v) is 13.8. The number of likely N-dealkylation sites (N-methyl/N-ethyl adjacent to an activating group) is 1. The number of amides is 2. The zero-order chi connectivity index (χ0) is 15.1. The predicted molar refractivity (Wildman–Crippen MR) is 85.4 cm³/mol. The minimum Gasteiger partial charge on any atom is -0.376 e. The molecule has 1 saturated heterocycles. The average molecular weight is 296 g/mol. The molecule has 21 heavy (non-hydrogen) atoms. The highest BCUT2D eigenvalue weighted by Gasteiger charge is 2.23. The highest BCUT2D eigenvalue weighted by Crippen LogP contribution is 2.30. The molecule has 1 atom stereocenters. The molecule has 0 aromatic carbocycles. The first-order chi connectivity index (χ1) is 10.2. The van der Waals surface area contributed by atoms with E-state index in [1.807, 2.05) is 11.8 Å². The van der Waals surface area contributed by atoms with Gasteiger partial charge in [0.2, 0.25) is 0 Å². The van der Waals surface area contributed by atoms with Crippen LogP contribution in [0.5, 0.6) is 0 Å². The first-order valence-electron chi connectivity index (χ1n) is 8.87. The Bertz CT molecular complexity index is 308. The van der Waals surface area contributed by atoms with Gasteiger partial charge >= 0.3 is 6.03 Å². The normalized spacial score (nSPS) is 29.3. The van der Waals surface area contributed by atoms with Gasteiger partial charge in [0.15, 0.2) is 0 Å². The molecule has 1 unspecified atom stereocenters. The van der Waals surface area contributed by atoms with Crippen molar-refractivity contribution >= 4 is 6.03 Å². The number of ether oxygens (including phenoxy) is 1. The number of hydrogen-bond acceptors (Lipinski definition) is 2. The summed E-state index contributed by atoms with van der Waals surface area (Å²) in [7, 11) is 0. The molecule has 2 rings (SSSR count). The number of nitrogens with one attached hydrogen (secondary N) is 1. The Labute approximate surface area is 129 Å². The molecule has 0 radical (unpaired) electrons. The lowest BCUT2D eigenvalue weighted by Crippen LogP contribution is -2.45. The predicted octanol–water partition coefficient (Wildman–Crippen LogP) is 3.41. The molecule has 1 aliphatic heterocycles. The highest BCUT2D eigenvalue weighted by atomic mass is 16.5. The van der Waals surface area contributed by atoms with Gasteiger partial charge in [-0.15, -0.1) is 0 Å². The SMILES string of the molecule is CCC1CCC(CNC(=O)N(CC)CC2CCCO2)CC1. The Morgan fingerprint density at radius 2 is 1.86 bits per heavy atom. The van der Waals surface area contributed by atoms with E-state index in [9.17, 15) is 4.79 Å². The molecule has 4 heteroatoms. The third-order valence-electron chi connectivity index (χ3n) is 5.20. The third kappa shape index (κ3) is 5.17. The molecule has 0 spiro atoms. The molecule has 0 aromatic heterocycles. The average Bonchev–Trinajstić information content (AvgIpc) is 3.03. The lowest BCUT2D eigenvalue weighted by Gasteiger charge is -2.29. The number of urea groups is 1. The van der Waals surface area contributed by atoms with Crippen LogP contribution in [0.25, 0.3) is 0 Å². The molecular weight excluding hydrogens is 264 g/mol. The van der Waals surface area contributed by atoms with Crippen molar-refractivity contribution in [2.24, 2.45) is 11.8 Å². The second-order valence-electron chi connectivity index (χ2n) is 6.65. The fourth-order valence-electron chi connectivity index (χ4n) is 3.58. The van der Waals surface area contributed by atoms with Crippen molar-refractivity contribution in [3.63, 3.8) is 0 Å². The first-order valence-corrected chi connectivity index (χ1v) is 8.87. The van der Waals surface area contributed by atoms with Gasteiger partial charge in [-0.2, -0.15) is 0 Å². The third-order valence-corrected chi connectivity index (χ3v) is 5.20. The largest absolute Gasteiger partial charge is 0.376 e. The van der Waals surface area contributed by atoms with Gasteiger partial charge in [-0.3, -0.25) is 0 Å². The monoisotopic (exact) mass is 296 g/mol. The molecule has 1 saturated carbocycles. The van der Waals surface area contributed by atoms with E-state index < -0.39 is 0 Å². The Morgan fingerprint density at radius 3 is 2.43 bits per heavy atom. The molecule has 0 aromatic rings. The summed E-state index contributed by atoms with van der Waals surface area (Å²) in [5, 5.41) is 3.14. The first kappa shape index (κ1) is 16.6. The van der Waals surface area contributed by atoms with Gasteiger partial charge in [0.05, 0.1) is 6.10 Å². The van der Waals surface area contributed by atoms with Crippen molar-refractivity contribution in [2.45, 2.75) is 64.9 Å². The Morgan fingerprint density at radius 1 is 1.14 bits per heavy atom. The van der Waals surface area contributed by atoms with Crippen LogP contribution in [0.4, 0.5) is 4.79 Å². The van der Waals surface area contributed by atoms with Crippen LogP contribution in [0.15, 0.2) is 0 Å². The van der Waals surface area contributed by atoms with Gasteiger partial charge in [-0.25, -0.2) is 4.79 Å². The Kier molecular flexibility index (Phi) is 6.81. The second kappa shape index (κ2) is 8.62. The standard InChI is InChI=1S/C17H32N2O2/c1-3-14-7-9-15(10-8-14)12-18-17(20)19(4-2)13-16-6-5-11-21-16/h14-16H,3-13H2,1-2H3,(H,18,20). The molecule has 1 heterocycles. The van der Waals surface area contributed by atoms with Gasteiger partial charge in [-0.1, -0.05) is 26.2 Å². The summed E-state index contributed by atoms with van der Waals surface area (Å²) >= 11 is 0. The van der Waals surface area contributed by atoms with Crippen molar-refractivity contribution in [2.75, 3.05) is 26.2 Å². The van der Waals surface area contributed by atoms with Gasteiger partial charge in [0.25, 0.3) is 0 Å². The molecule has 2 amide bonds. The molecule has 1 N–H and O–H groups in total. The molecule has 0 bridgehead atoms. The molecular formula is C17H32N2O2. The van der Waals surface area contributed by atoms with Crippen LogP contribution in [0, 0.1) is 11.8 Å². The summed E-state index contributed by atoms with van der Waals surface area (Å²) in [4.78, 5) is 14.2. The lowest BCUT2D eigenvalue weighted by molar-refractivity contribution is 0.0823. The summed E-state index contributed by atoms with van der Waals surface area (Å²) in [6, 6.07) is 0.0885. The maximum Gasteiger partial charge on any atom is 0.317 e. The van der Waals surface area contributed by atoms with E-state index >= 15 is 0 Å². The summed E-state index contributed by atoms with van der Waals surface area (Å²) in [6.45, 7) is 7.53. The van der Waals surface area contributed by atoms with Gasteiger partial charge in [0, 0.05) is 26.2 Å². The molecule has 2 fully saturated rings. The van der Waals surface area contributed by atoms with Crippen LogP contribution in [0.3, 0.4) is 0 Å². The number of carbonyl (C=O) groups is 1. The lowest BCUT2D eigenvalue weighted by atomic mass is 9.81. The number of hydrogen-bond donors (Lipinski definition) is 1. The zero-order valence-electron chi connectivity index (χ0n) is 13.8. The minimum absolute atomic E-state index is 0.0885. The maximum atomic E-state index is 12.3. The minimum atomic E-state index is 0.0885. The fourth-order valence-corrected chi connectivity index (χ4v) is 3.58. The van der Waals surface area contributed by atoms with Crippen LogP contribution < -0.4 is 5.32 Å². The van der Waals surface area contributed by atoms with Crippen LogP contribution >= 0.6 is 0 Å². The summed E-state index contributed by atoms with van der Waals surface area (Å²) in [5.74, 6) is 1.60. The molecule has 122 valence electrons. The number of rotatable bonds is 6. The van der Waals surface area contributed by atoms with Crippen LogP contribution in [-0.4, -0.2) is 43.3 Å². The van der Waals surface area contributed by atoms with Gasteiger partial charge in [-0.05, 0) is 44.4 Å². The quantitative estimate of drug-likeness (QED) is 0.816. The number of carbonyl (C=O) groups excluding carboxylic acids is 1. The Balaban J connectivity index is 1.67. The van der Waals surface area contributed by atoms with E-state index in [0.29, 0.717) is 5.92 Å². The van der Waals surface area contributed by atoms with Crippen LogP contribution in [0.1, 0.15) is 58.8 Å². The topological polar surface area (TPSA) is 41.6 Å². The van der Waals surface area contributed by atoms with E-state index in [1.54, 1.807) is 0 Å². The number of nitrogens with zero attached hydrogens (tertiary/aromatic N) is 1. The van der Waals surface area contributed by atoms with E-state index in [0.717, 1.165) is 45.0 Å². The van der Waals surface area contributed by atoms with Crippen molar-refractivity contribution < 1.29 is 9.53 Å². The summed E-state index contributed by atoms with van der Waals surface area (Å²) in [6.07, 6.45) is 9.00. The molecule has 1 aliphatic carbocycles. The highest BCUT2D eigenvalue weighted by molar-refractivity contribution is 5.74. The summed E-state index contributed by atoms with van der Waals surface area (Å²) < 4.78 is 5.63. The maximum absolute atomic E-state index is 12.3. The van der Waals surface area contributed by atoms with E-state index in [2.05, 4.69) is 12.2 Å².